The minimum absolute atomic E-state index is 0.234. The quantitative estimate of drug-likeness (QED) is 0.258. The molecule has 162 valence electrons. The van der Waals surface area contributed by atoms with E-state index < -0.39 is 5.97 Å². The summed E-state index contributed by atoms with van der Waals surface area (Å²) in [5, 5.41) is 1.42. The van der Waals surface area contributed by atoms with Crippen molar-refractivity contribution in [3.05, 3.63) is 112 Å². The number of fused-ring (bicyclic) bond motifs is 2. The Kier molecular flexibility index (Phi) is 5.76. The van der Waals surface area contributed by atoms with Crippen LogP contribution in [0.4, 0.5) is 0 Å². The first-order valence-corrected chi connectivity index (χ1v) is 11.1. The Morgan fingerprint density at radius 3 is 2.42 bits per heavy atom. The number of carbonyl (C=O) groups is 2. The molecule has 0 saturated heterocycles. The van der Waals surface area contributed by atoms with Gasteiger partial charge in [-0.25, -0.2) is 9.78 Å². The summed E-state index contributed by atoms with van der Waals surface area (Å²) < 4.78 is 5.49. The molecule has 5 rings (SSSR count). The monoisotopic (exact) mass is 453 g/mol. The second-order valence-electron chi connectivity index (χ2n) is 7.92. The number of ketones is 1. The summed E-state index contributed by atoms with van der Waals surface area (Å²) in [6.45, 7) is -0.304. The second kappa shape index (κ2) is 9.00. The predicted molar refractivity (Wildman–Crippen MR) is 130 cm³/mol. The van der Waals surface area contributed by atoms with Crippen LogP contribution in [0.5, 0.6) is 0 Å². The van der Waals surface area contributed by atoms with E-state index in [1.54, 1.807) is 24.3 Å². The lowest BCUT2D eigenvalue weighted by Gasteiger charge is -2.12. The summed E-state index contributed by atoms with van der Waals surface area (Å²) in [4.78, 5) is 30.5. The molecule has 0 atom stereocenters. The van der Waals surface area contributed by atoms with Crippen molar-refractivity contribution in [1.82, 2.24) is 4.98 Å². The van der Waals surface area contributed by atoms with Gasteiger partial charge in [0.1, 0.15) is 0 Å². The minimum atomic E-state index is -0.498. The number of allylic oxidation sites excluding steroid dienone is 1. The van der Waals surface area contributed by atoms with E-state index in [0.717, 1.165) is 39.7 Å². The molecule has 0 amide bonds. The molecule has 1 aromatic heterocycles. The van der Waals surface area contributed by atoms with Crippen molar-refractivity contribution in [2.24, 2.45) is 0 Å². The summed E-state index contributed by atoms with van der Waals surface area (Å²) in [7, 11) is 0. The molecule has 0 unspecified atom stereocenters. The van der Waals surface area contributed by atoms with Crippen molar-refractivity contribution in [2.75, 3.05) is 6.61 Å². The van der Waals surface area contributed by atoms with Crippen LogP contribution < -0.4 is 0 Å². The van der Waals surface area contributed by atoms with E-state index in [-0.39, 0.29) is 12.4 Å². The number of hydrogen-bond acceptors (Lipinski definition) is 4. The summed E-state index contributed by atoms with van der Waals surface area (Å²) in [6, 6.07) is 24.0. The zero-order chi connectivity index (χ0) is 22.8. The van der Waals surface area contributed by atoms with E-state index in [0.29, 0.717) is 22.6 Å². The third kappa shape index (κ3) is 4.30. The molecule has 33 heavy (non-hydrogen) atoms. The number of halogens is 1. The average Bonchev–Trinajstić information content (AvgIpc) is 3.24. The van der Waals surface area contributed by atoms with Crippen molar-refractivity contribution in [1.29, 1.82) is 0 Å². The number of pyridine rings is 1. The minimum Gasteiger partial charge on any atom is -0.454 e. The molecule has 0 saturated carbocycles. The number of esters is 1. The number of benzene rings is 3. The highest BCUT2D eigenvalue weighted by Crippen LogP contribution is 2.37. The maximum Gasteiger partial charge on any atom is 0.339 e. The number of hydrogen-bond donors (Lipinski definition) is 0. The van der Waals surface area contributed by atoms with E-state index in [9.17, 15) is 9.59 Å². The fraction of sp³-hybridized carbons (Fsp3) is 0.107. The first-order valence-electron chi connectivity index (χ1n) is 10.7. The number of rotatable bonds is 5. The molecular formula is C28H20ClNO3. The second-order valence-corrected chi connectivity index (χ2v) is 8.35. The van der Waals surface area contributed by atoms with Crippen LogP contribution >= 0.6 is 11.6 Å². The van der Waals surface area contributed by atoms with E-state index in [1.807, 2.05) is 54.6 Å². The first-order chi connectivity index (χ1) is 16.1. The number of aromatic nitrogens is 1. The molecule has 1 aliphatic carbocycles. The number of para-hydroxylation sites is 1. The normalized spacial score (nSPS) is 13.8. The maximum atomic E-state index is 13.2. The lowest BCUT2D eigenvalue weighted by Crippen LogP contribution is -2.16. The van der Waals surface area contributed by atoms with Gasteiger partial charge in [-0.3, -0.25) is 4.79 Å². The van der Waals surface area contributed by atoms with Crippen LogP contribution in [-0.2, 0) is 11.2 Å². The molecule has 4 nitrogen and oxygen atoms in total. The van der Waals surface area contributed by atoms with Crippen LogP contribution in [0, 0.1) is 0 Å². The first kappa shape index (κ1) is 21.1. The van der Waals surface area contributed by atoms with Crippen molar-refractivity contribution in [3.8, 4) is 0 Å². The highest BCUT2D eigenvalue weighted by molar-refractivity contribution is 6.30. The Labute approximate surface area is 196 Å². The number of carbonyl (C=O) groups excluding carboxylic acids is 2. The number of ether oxygens (including phenoxy) is 1. The number of nitrogens with zero attached hydrogens (tertiary/aromatic N) is 1. The van der Waals surface area contributed by atoms with Gasteiger partial charge >= 0.3 is 5.97 Å². The van der Waals surface area contributed by atoms with Gasteiger partial charge in [0, 0.05) is 16.0 Å². The van der Waals surface area contributed by atoms with Gasteiger partial charge in [0.25, 0.3) is 0 Å². The largest absolute Gasteiger partial charge is 0.454 e. The highest BCUT2D eigenvalue weighted by Gasteiger charge is 2.28. The molecule has 1 heterocycles. The molecule has 0 aliphatic heterocycles. The van der Waals surface area contributed by atoms with Gasteiger partial charge in [-0.2, -0.15) is 0 Å². The van der Waals surface area contributed by atoms with Crippen molar-refractivity contribution in [3.63, 3.8) is 0 Å². The molecule has 5 heteroatoms. The van der Waals surface area contributed by atoms with Crippen LogP contribution in [0.25, 0.3) is 22.6 Å². The molecule has 0 radical (unpaired) electrons. The van der Waals surface area contributed by atoms with Crippen molar-refractivity contribution >= 4 is 45.9 Å². The van der Waals surface area contributed by atoms with E-state index in [2.05, 4.69) is 6.08 Å². The summed E-state index contributed by atoms with van der Waals surface area (Å²) >= 11 is 6.01. The Balaban J connectivity index is 1.50. The summed E-state index contributed by atoms with van der Waals surface area (Å²) in [5.74, 6) is -0.732. The topological polar surface area (TPSA) is 56.3 Å². The predicted octanol–water partition coefficient (Wildman–Crippen LogP) is 6.41. The zero-order valence-electron chi connectivity index (χ0n) is 17.8. The summed E-state index contributed by atoms with van der Waals surface area (Å²) in [6.07, 6.45) is 3.53. The number of Topliss-reactive ketones (excluding diaryl/α,β-unsaturated/α-hetero) is 1. The molecule has 4 aromatic rings. The van der Waals surface area contributed by atoms with Crippen LogP contribution in [0.2, 0.25) is 5.02 Å². The molecule has 0 fully saturated rings. The zero-order valence-corrected chi connectivity index (χ0v) is 18.5. The van der Waals surface area contributed by atoms with E-state index >= 15 is 0 Å². The van der Waals surface area contributed by atoms with Gasteiger partial charge in [-0.1, -0.05) is 72.3 Å². The fourth-order valence-electron chi connectivity index (χ4n) is 4.18. The fourth-order valence-corrected chi connectivity index (χ4v) is 4.31. The van der Waals surface area contributed by atoms with Crippen molar-refractivity contribution < 1.29 is 14.3 Å². The molecule has 0 bridgehead atoms. The van der Waals surface area contributed by atoms with Gasteiger partial charge in [0.2, 0.25) is 0 Å². The Bertz CT molecular complexity index is 1390. The molecule has 0 spiro atoms. The Hall–Kier alpha value is -3.76. The Morgan fingerprint density at radius 2 is 1.64 bits per heavy atom. The van der Waals surface area contributed by atoms with Crippen molar-refractivity contribution in [2.45, 2.75) is 12.8 Å². The third-order valence-corrected chi connectivity index (χ3v) is 6.04. The van der Waals surface area contributed by atoms with E-state index in [1.165, 1.54) is 0 Å². The van der Waals surface area contributed by atoms with Crippen LogP contribution in [0.15, 0.2) is 78.9 Å². The van der Waals surface area contributed by atoms with E-state index in [4.69, 9.17) is 21.3 Å². The SMILES string of the molecule is O=C(COC(=O)c1c2c(nc3ccccc13)C(=Cc1ccc(Cl)cc1)CC2)c1ccccc1. The smallest absolute Gasteiger partial charge is 0.339 e. The molecule has 1 aliphatic rings. The van der Waals surface area contributed by atoms with Gasteiger partial charge < -0.3 is 4.74 Å². The standard InChI is InChI=1S/C28H20ClNO3/c29-21-13-10-18(11-14-21)16-20-12-15-23-26(22-8-4-5-9-24(22)30-27(20)23)28(32)33-17-25(31)19-6-2-1-3-7-19/h1-11,13-14,16H,12,15,17H2. The van der Waals surface area contributed by atoms with Gasteiger partial charge in [-0.15, -0.1) is 0 Å². The van der Waals surface area contributed by atoms with Gasteiger partial charge in [0.05, 0.1) is 16.8 Å². The van der Waals surface area contributed by atoms with Crippen LogP contribution in [0.1, 0.15) is 44.0 Å². The lowest BCUT2D eigenvalue weighted by atomic mass is 10.0. The lowest BCUT2D eigenvalue weighted by molar-refractivity contribution is 0.0475. The molecule has 0 N–H and O–H groups in total. The van der Waals surface area contributed by atoms with Gasteiger partial charge in [0.15, 0.2) is 12.4 Å². The van der Waals surface area contributed by atoms with Gasteiger partial charge in [-0.05, 0) is 53.8 Å². The average molecular weight is 454 g/mol. The summed E-state index contributed by atoms with van der Waals surface area (Å²) in [5.41, 5.74) is 5.50. The van der Waals surface area contributed by atoms with Crippen LogP contribution in [0.3, 0.4) is 0 Å². The Morgan fingerprint density at radius 1 is 0.909 bits per heavy atom. The third-order valence-electron chi connectivity index (χ3n) is 5.79. The molecule has 3 aromatic carbocycles. The molecular weight excluding hydrogens is 434 g/mol. The maximum absolute atomic E-state index is 13.2. The van der Waals surface area contributed by atoms with Crippen LogP contribution in [-0.4, -0.2) is 23.3 Å². The highest BCUT2D eigenvalue weighted by atomic mass is 35.5.